The van der Waals surface area contributed by atoms with Gasteiger partial charge in [0.15, 0.2) is 5.96 Å². The molecular weight excluding hydrogens is 483 g/mol. The van der Waals surface area contributed by atoms with Crippen molar-refractivity contribution < 1.29 is 8.42 Å². The monoisotopic (exact) mass is 500 g/mol. The third-order valence-electron chi connectivity index (χ3n) is 2.92. The van der Waals surface area contributed by atoms with Gasteiger partial charge in [0.2, 0.25) is 10.0 Å². The Labute approximate surface area is 167 Å². The maximum atomic E-state index is 11.2. The maximum absolute atomic E-state index is 11.2. The fraction of sp³-hybridized carbons (Fsp3) is 0.214. The first-order valence-corrected chi connectivity index (χ1v) is 9.43. The SMILES string of the molecule is CN=C(NCc1cccc(Cl)c1)NCc1ccc(S(N)(=O)=O)s1.I. The summed E-state index contributed by atoms with van der Waals surface area (Å²) >= 11 is 7.08. The van der Waals surface area contributed by atoms with Crippen LogP contribution in [0.4, 0.5) is 0 Å². The number of nitrogens with one attached hydrogen (secondary N) is 2. The van der Waals surface area contributed by atoms with E-state index >= 15 is 0 Å². The Morgan fingerprint density at radius 1 is 1.25 bits per heavy atom. The number of nitrogens with two attached hydrogens (primary N) is 1. The first-order valence-electron chi connectivity index (χ1n) is 6.69. The number of primary sulfonamides is 1. The third kappa shape index (κ3) is 6.55. The third-order valence-corrected chi connectivity index (χ3v) is 5.68. The Hall–Kier alpha value is -0.880. The highest BCUT2D eigenvalue weighted by molar-refractivity contribution is 14.0. The van der Waals surface area contributed by atoms with E-state index < -0.39 is 10.0 Å². The Balaban J connectivity index is 0.00000288. The van der Waals surface area contributed by atoms with Gasteiger partial charge < -0.3 is 10.6 Å². The molecule has 0 aliphatic carbocycles. The van der Waals surface area contributed by atoms with Crippen LogP contribution in [0, 0.1) is 0 Å². The van der Waals surface area contributed by atoms with Gasteiger partial charge >= 0.3 is 0 Å². The summed E-state index contributed by atoms with van der Waals surface area (Å²) in [5.74, 6) is 0.607. The van der Waals surface area contributed by atoms with Crippen molar-refractivity contribution in [1.82, 2.24) is 10.6 Å². The minimum absolute atomic E-state index is 0. The lowest BCUT2D eigenvalue weighted by Gasteiger charge is -2.11. The van der Waals surface area contributed by atoms with Crippen LogP contribution in [0.2, 0.25) is 5.02 Å². The van der Waals surface area contributed by atoms with E-state index in [0.29, 0.717) is 24.1 Å². The lowest BCUT2D eigenvalue weighted by molar-refractivity contribution is 0.600. The van der Waals surface area contributed by atoms with E-state index in [1.165, 1.54) is 6.07 Å². The lowest BCUT2D eigenvalue weighted by Crippen LogP contribution is -2.36. The van der Waals surface area contributed by atoms with Crippen molar-refractivity contribution in [2.24, 2.45) is 10.1 Å². The highest BCUT2D eigenvalue weighted by atomic mass is 127. The molecule has 1 heterocycles. The molecule has 1 aromatic carbocycles. The summed E-state index contributed by atoms with van der Waals surface area (Å²) in [6.45, 7) is 1.03. The molecule has 0 bridgehead atoms. The van der Waals surface area contributed by atoms with Gasteiger partial charge in [-0.2, -0.15) is 0 Å². The van der Waals surface area contributed by atoms with Gasteiger partial charge in [0.05, 0.1) is 6.54 Å². The average molecular weight is 501 g/mol. The number of halogens is 2. The van der Waals surface area contributed by atoms with Crippen molar-refractivity contribution in [3.05, 3.63) is 51.9 Å². The van der Waals surface area contributed by atoms with E-state index in [9.17, 15) is 8.42 Å². The fourth-order valence-corrected chi connectivity index (χ4v) is 3.76. The van der Waals surface area contributed by atoms with E-state index in [4.69, 9.17) is 16.7 Å². The van der Waals surface area contributed by atoms with Gasteiger partial charge in [-0.15, -0.1) is 35.3 Å². The fourth-order valence-electron chi connectivity index (χ4n) is 1.83. The molecule has 0 amide bonds. The van der Waals surface area contributed by atoms with E-state index in [-0.39, 0.29) is 28.2 Å². The minimum atomic E-state index is -3.64. The van der Waals surface area contributed by atoms with Gasteiger partial charge in [0, 0.05) is 23.5 Å². The molecule has 0 spiro atoms. The lowest BCUT2D eigenvalue weighted by atomic mass is 10.2. The molecule has 10 heteroatoms. The van der Waals surface area contributed by atoms with Crippen molar-refractivity contribution in [2.45, 2.75) is 17.3 Å². The number of hydrogen-bond donors (Lipinski definition) is 3. The molecule has 24 heavy (non-hydrogen) atoms. The molecule has 0 radical (unpaired) electrons. The van der Waals surface area contributed by atoms with Crippen molar-refractivity contribution in [3.8, 4) is 0 Å². The molecule has 2 aromatic rings. The zero-order chi connectivity index (χ0) is 16.9. The predicted molar refractivity (Wildman–Crippen MR) is 110 cm³/mol. The van der Waals surface area contributed by atoms with Crippen LogP contribution in [0.1, 0.15) is 10.4 Å². The van der Waals surface area contributed by atoms with Gasteiger partial charge in [-0.1, -0.05) is 23.7 Å². The smallest absolute Gasteiger partial charge is 0.247 e. The number of sulfonamides is 1. The summed E-state index contributed by atoms with van der Waals surface area (Å²) in [5, 5.41) is 12.1. The standard InChI is InChI=1S/C14H17ClN4O2S2.HI/c1-17-14(18-8-10-3-2-4-11(15)7-10)19-9-12-5-6-13(22-12)23(16,20)21;/h2-7H,8-9H2,1H3,(H2,16,20,21)(H2,17,18,19);1H. The molecule has 0 aliphatic heterocycles. The van der Waals surface area contributed by atoms with Crippen LogP contribution < -0.4 is 15.8 Å². The van der Waals surface area contributed by atoms with Crippen LogP contribution in [0.5, 0.6) is 0 Å². The molecule has 2 rings (SSSR count). The Kier molecular flexibility index (Phi) is 8.43. The normalized spacial score (nSPS) is 11.7. The van der Waals surface area contributed by atoms with Gasteiger partial charge in [-0.05, 0) is 29.8 Å². The van der Waals surface area contributed by atoms with Crippen molar-refractivity contribution in [3.63, 3.8) is 0 Å². The summed E-state index contributed by atoms with van der Waals surface area (Å²) in [4.78, 5) is 4.97. The molecule has 1 aromatic heterocycles. The molecule has 0 atom stereocenters. The molecule has 4 N–H and O–H groups in total. The molecule has 132 valence electrons. The summed E-state index contributed by atoms with van der Waals surface area (Å²) in [6.07, 6.45) is 0. The second kappa shape index (κ2) is 9.56. The first-order chi connectivity index (χ1) is 10.9. The Morgan fingerprint density at radius 2 is 1.96 bits per heavy atom. The Morgan fingerprint density at radius 3 is 2.54 bits per heavy atom. The summed E-state index contributed by atoms with van der Waals surface area (Å²) in [5.41, 5.74) is 1.04. The number of benzene rings is 1. The molecule has 0 fully saturated rings. The average Bonchev–Trinajstić information content (AvgIpc) is 2.96. The molecule has 0 saturated carbocycles. The van der Waals surface area contributed by atoms with Crippen LogP contribution in [-0.2, 0) is 23.1 Å². The second-order valence-electron chi connectivity index (χ2n) is 4.67. The largest absolute Gasteiger partial charge is 0.352 e. The first kappa shape index (κ1) is 21.2. The predicted octanol–water partition coefficient (Wildman–Crippen LogP) is 2.53. The molecule has 6 nitrogen and oxygen atoms in total. The highest BCUT2D eigenvalue weighted by Gasteiger charge is 2.11. The molecular formula is C14H18ClIN4O2S2. The molecule has 0 aliphatic rings. The number of guanidine groups is 1. The van der Waals surface area contributed by atoms with Crippen molar-refractivity contribution in [1.29, 1.82) is 0 Å². The summed E-state index contributed by atoms with van der Waals surface area (Å²) < 4.78 is 22.6. The number of thiophene rings is 1. The van der Waals surface area contributed by atoms with Crippen molar-refractivity contribution in [2.75, 3.05) is 7.05 Å². The van der Waals surface area contributed by atoms with Crippen LogP contribution in [0.25, 0.3) is 0 Å². The van der Waals surface area contributed by atoms with Gasteiger partial charge in [0.1, 0.15) is 4.21 Å². The zero-order valence-electron chi connectivity index (χ0n) is 12.8. The second-order valence-corrected chi connectivity index (χ2v) is 8.07. The minimum Gasteiger partial charge on any atom is -0.352 e. The topological polar surface area (TPSA) is 96.6 Å². The highest BCUT2D eigenvalue weighted by Crippen LogP contribution is 2.19. The van der Waals surface area contributed by atoms with Gasteiger partial charge in [0.25, 0.3) is 0 Å². The van der Waals surface area contributed by atoms with Gasteiger partial charge in [-0.3, -0.25) is 4.99 Å². The Bertz CT molecular complexity index is 809. The van der Waals surface area contributed by atoms with Crippen LogP contribution in [-0.4, -0.2) is 21.4 Å². The zero-order valence-corrected chi connectivity index (χ0v) is 17.5. The summed E-state index contributed by atoms with van der Waals surface area (Å²) in [7, 11) is -1.98. The van der Waals surface area contributed by atoms with Crippen LogP contribution in [0.15, 0.2) is 45.6 Å². The molecule has 0 unspecified atom stereocenters. The number of aliphatic imine (C=N–C) groups is 1. The number of rotatable bonds is 5. The number of hydrogen-bond acceptors (Lipinski definition) is 4. The van der Waals surface area contributed by atoms with Crippen molar-refractivity contribution >= 4 is 62.9 Å². The van der Waals surface area contributed by atoms with Gasteiger partial charge in [-0.25, -0.2) is 13.6 Å². The van der Waals surface area contributed by atoms with E-state index in [1.807, 2.05) is 24.3 Å². The van der Waals surface area contributed by atoms with E-state index in [2.05, 4.69) is 15.6 Å². The van der Waals surface area contributed by atoms with E-state index in [1.54, 1.807) is 13.1 Å². The molecule has 0 saturated heterocycles. The summed E-state index contributed by atoms with van der Waals surface area (Å²) in [6, 6.07) is 10.8. The van der Waals surface area contributed by atoms with Crippen LogP contribution in [0.3, 0.4) is 0 Å². The maximum Gasteiger partial charge on any atom is 0.247 e. The van der Waals surface area contributed by atoms with Crippen LogP contribution >= 0.6 is 46.9 Å². The van der Waals surface area contributed by atoms with E-state index in [0.717, 1.165) is 21.8 Å². The number of nitrogens with zero attached hydrogens (tertiary/aromatic N) is 1. The quantitative estimate of drug-likeness (QED) is 0.334.